The first kappa shape index (κ1) is 40.7. The summed E-state index contributed by atoms with van der Waals surface area (Å²) in [6.45, 7) is 18.2. The Balaban J connectivity index is 2.17. The molecule has 0 saturated carbocycles. The van der Waals surface area contributed by atoms with E-state index in [0.29, 0.717) is 11.1 Å². The lowest BCUT2D eigenvalue weighted by atomic mass is 9.96. The van der Waals surface area contributed by atoms with E-state index in [1.54, 1.807) is 72.8 Å². The van der Waals surface area contributed by atoms with E-state index in [-0.39, 0.29) is 34.1 Å². The van der Waals surface area contributed by atoms with Crippen molar-refractivity contribution in [2.45, 2.75) is 143 Å². The molecule has 0 aliphatic carbocycles. The number of carbonyl (C=O) groups excluding carboxylic acids is 3. The minimum atomic E-state index is -1.75. The van der Waals surface area contributed by atoms with Gasteiger partial charge in [0, 0.05) is 22.3 Å². The Labute approximate surface area is 293 Å². The van der Waals surface area contributed by atoms with Crippen LogP contribution in [0.1, 0.15) is 86.3 Å². The van der Waals surface area contributed by atoms with Crippen molar-refractivity contribution in [3.63, 3.8) is 0 Å². The Morgan fingerprint density at radius 3 is 1.70 bits per heavy atom. The molecule has 13 heteroatoms. The highest BCUT2D eigenvalue weighted by Gasteiger charge is 2.55. The third-order valence-electron chi connectivity index (χ3n) is 9.01. The van der Waals surface area contributed by atoms with Gasteiger partial charge in [0.15, 0.2) is 36.1 Å². The molecule has 0 bridgehead atoms. The van der Waals surface area contributed by atoms with Crippen molar-refractivity contribution in [2.24, 2.45) is 0 Å². The zero-order valence-corrected chi connectivity index (χ0v) is 30.7. The third-order valence-corrected chi connectivity index (χ3v) is 9.01. The normalized spacial score (nSPS) is 30.9. The molecule has 2 heterocycles. The topological polar surface area (TPSA) is 177 Å². The Morgan fingerprint density at radius 2 is 1.20 bits per heavy atom. The van der Waals surface area contributed by atoms with E-state index >= 15 is 0 Å². The van der Waals surface area contributed by atoms with Gasteiger partial charge < -0.3 is 48.5 Å². The van der Waals surface area contributed by atoms with Gasteiger partial charge in [-0.3, -0.25) is 0 Å². The first-order chi connectivity index (χ1) is 23.5. The van der Waals surface area contributed by atoms with Crippen molar-refractivity contribution >= 4 is 17.9 Å². The summed E-state index contributed by atoms with van der Waals surface area (Å²) in [5.74, 6) is -2.40. The number of phenolic OH excluding ortho intramolecular Hbond substituents is 1. The summed E-state index contributed by atoms with van der Waals surface area (Å²) in [5, 5.41) is 33.4. The number of ether oxygens (including phenoxy) is 7. The van der Waals surface area contributed by atoms with Gasteiger partial charge in [-0.2, -0.15) is 0 Å². The number of aliphatic hydroxyl groups is 2. The highest BCUT2D eigenvalue weighted by Crippen LogP contribution is 2.41. The molecule has 0 spiro atoms. The van der Waals surface area contributed by atoms with Crippen LogP contribution in [0.2, 0.25) is 0 Å². The minimum absolute atomic E-state index is 0.0944. The van der Waals surface area contributed by atoms with Crippen molar-refractivity contribution in [2.75, 3.05) is 0 Å². The second-order valence-corrected chi connectivity index (χ2v) is 12.9. The number of benzene rings is 1. The number of phenols is 1. The molecule has 10 atom stereocenters. The summed E-state index contributed by atoms with van der Waals surface area (Å²) in [6, 6.07) is 3.55. The molecule has 1 aromatic carbocycles. The number of aryl methyl sites for hydroxylation is 1. The van der Waals surface area contributed by atoms with Crippen molar-refractivity contribution in [3.8, 4) is 11.5 Å². The SMILES string of the molecule is CC=C(C)C(=O)OC1C(O)C(C)OC(OC2C(OC(=O)C(C)=CC)C(C)OC(Oc3c(C(C)C)ccc(C)c3O)C2OC(=O)C(C)=CC)C1O. The summed E-state index contributed by atoms with van der Waals surface area (Å²) in [4.78, 5) is 39.2. The smallest absolute Gasteiger partial charge is 0.333 e. The molecule has 50 heavy (non-hydrogen) atoms. The fourth-order valence-electron chi connectivity index (χ4n) is 5.30. The molecule has 1 aromatic rings. The molecule has 2 aliphatic heterocycles. The summed E-state index contributed by atoms with van der Waals surface area (Å²) < 4.78 is 42.2. The molecule has 278 valence electrons. The minimum Gasteiger partial charge on any atom is -0.504 e. The van der Waals surface area contributed by atoms with Crippen LogP contribution in [-0.4, -0.2) is 94.6 Å². The number of hydrogen-bond donors (Lipinski definition) is 3. The number of aliphatic hydroxyl groups excluding tert-OH is 2. The lowest BCUT2D eigenvalue weighted by Gasteiger charge is -2.47. The molecule has 3 rings (SSSR count). The van der Waals surface area contributed by atoms with Crippen LogP contribution in [0.15, 0.2) is 47.1 Å². The molecule has 0 amide bonds. The molecule has 2 saturated heterocycles. The lowest BCUT2D eigenvalue weighted by molar-refractivity contribution is -0.348. The zero-order valence-electron chi connectivity index (χ0n) is 30.7. The summed E-state index contributed by atoms with van der Waals surface area (Å²) in [6.07, 6.45) is -9.27. The maximum atomic E-state index is 13.4. The molecule has 2 aliphatic rings. The highest BCUT2D eigenvalue weighted by atomic mass is 16.8. The molecule has 2 fully saturated rings. The quantitative estimate of drug-likeness (QED) is 0.168. The molecule has 13 nitrogen and oxygen atoms in total. The molecule has 0 aromatic heterocycles. The number of esters is 3. The number of hydrogen-bond acceptors (Lipinski definition) is 13. The standard InChI is InChI=1S/C37H52O13/c1-12-18(6)33(41)46-28-23(11)45-37(49-29-24(17(4)5)16-15-21(9)25(29)38)32(48-35(43)20(8)14-3)31(28)50-36-27(40)30(26(39)22(10)44-36)47-34(42)19(7)13-2/h12-17,22-23,26-28,30-32,36-40H,1-11H3. The molecule has 3 N–H and O–H groups in total. The molecule has 0 radical (unpaired) electrons. The van der Waals surface area contributed by atoms with Gasteiger partial charge in [0.1, 0.15) is 18.3 Å². The van der Waals surface area contributed by atoms with E-state index in [1.807, 2.05) is 13.8 Å². The molecular weight excluding hydrogens is 652 g/mol. The average molecular weight is 705 g/mol. The summed E-state index contributed by atoms with van der Waals surface area (Å²) in [5.41, 5.74) is 1.92. The van der Waals surface area contributed by atoms with Gasteiger partial charge in [0.05, 0.1) is 12.2 Å². The fraction of sp³-hybridized carbons (Fsp3) is 0.595. The van der Waals surface area contributed by atoms with E-state index in [0.717, 1.165) is 0 Å². The third kappa shape index (κ3) is 9.12. The zero-order chi connectivity index (χ0) is 37.6. The summed E-state index contributed by atoms with van der Waals surface area (Å²) in [7, 11) is 0. The molecule has 10 unspecified atom stereocenters. The van der Waals surface area contributed by atoms with E-state index in [2.05, 4.69) is 0 Å². The van der Waals surface area contributed by atoms with Crippen LogP contribution in [0, 0.1) is 6.92 Å². The van der Waals surface area contributed by atoms with Gasteiger partial charge in [-0.15, -0.1) is 0 Å². The summed E-state index contributed by atoms with van der Waals surface area (Å²) >= 11 is 0. The van der Waals surface area contributed by atoms with Crippen molar-refractivity contribution < 1.29 is 62.9 Å². The average Bonchev–Trinajstić information content (AvgIpc) is 3.08. The fourth-order valence-corrected chi connectivity index (χ4v) is 5.30. The van der Waals surface area contributed by atoms with Gasteiger partial charge in [0.25, 0.3) is 0 Å². The van der Waals surface area contributed by atoms with Crippen molar-refractivity contribution in [1.82, 2.24) is 0 Å². The number of allylic oxidation sites excluding steroid dienone is 3. The lowest BCUT2D eigenvalue weighted by Crippen LogP contribution is -2.65. The van der Waals surface area contributed by atoms with Gasteiger partial charge in [-0.25, -0.2) is 14.4 Å². The van der Waals surface area contributed by atoms with Crippen LogP contribution in [0.3, 0.4) is 0 Å². The Kier molecular flexibility index (Phi) is 14.2. The van der Waals surface area contributed by atoms with Crippen molar-refractivity contribution in [3.05, 3.63) is 58.2 Å². The first-order valence-electron chi connectivity index (χ1n) is 16.8. The van der Waals surface area contributed by atoms with Crippen LogP contribution in [-0.2, 0) is 42.8 Å². The Morgan fingerprint density at radius 1 is 0.720 bits per heavy atom. The van der Waals surface area contributed by atoms with Crippen LogP contribution < -0.4 is 4.74 Å². The van der Waals surface area contributed by atoms with Gasteiger partial charge in [-0.1, -0.05) is 44.2 Å². The van der Waals surface area contributed by atoms with Gasteiger partial charge in [-0.05, 0) is 73.8 Å². The predicted molar refractivity (Wildman–Crippen MR) is 181 cm³/mol. The van der Waals surface area contributed by atoms with Gasteiger partial charge in [0.2, 0.25) is 6.29 Å². The van der Waals surface area contributed by atoms with E-state index in [1.165, 1.54) is 19.9 Å². The first-order valence-corrected chi connectivity index (χ1v) is 16.8. The predicted octanol–water partition coefficient (Wildman–Crippen LogP) is 4.43. The monoisotopic (exact) mass is 704 g/mol. The van der Waals surface area contributed by atoms with Gasteiger partial charge >= 0.3 is 17.9 Å². The van der Waals surface area contributed by atoms with Crippen molar-refractivity contribution in [1.29, 1.82) is 0 Å². The van der Waals surface area contributed by atoms with Crippen LogP contribution >= 0.6 is 0 Å². The number of carbonyl (C=O) groups is 3. The number of rotatable bonds is 11. The maximum Gasteiger partial charge on any atom is 0.333 e. The molecular formula is C37H52O13. The van der Waals surface area contributed by atoms with Crippen LogP contribution in [0.5, 0.6) is 11.5 Å². The van der Waals surface area contributed by atoms with Crippen LogP contribution in [0.25, 0.3) is 0 Å². The van der Waals surface area contributed by atoms with E-state index < -0.39 is 79.3 Å². The second kappa shape index (κ2) is 17.5. The van der Waals surface area contributed by atoms with E-state index in [4.69, 9.17) is 33.2 Å². The Hall–Kier alpha value is -3.75. The van der Waals surface area contributed by atoms with Crippen LogP contribution in [0.4, 0.5) is 0 Å². The number of aromatic hydroxyl groups is 1. The highest BCUT2D eigenvalue weighted by molar-refractivity contribution is 5.88. The van der Waals surface area contributed by atoms with E-state index in [9.17, 15) is 29.7 Å². The maximum absolute atomic E-state index is 13.4. The Bertz CT molecular complexity index is 1480. The second-order valence-electron chi connectivity index (χ2n) is 12.9. The largest absolute Gasteiger partial charge is 0.504 e.